The van der Waals surface area contributed by atoms with Crippen LogP contribution in [0.4, 0.5) is 0 Å². The van der Waals surface area contributed by atoms with Gasteiger partial charge in [-0.1, -0.05) is 251 Å². The zero-order valence-corrected chi connectivity index (χ0v) is 59.1. The van der Waals surface area contributed by atoms with Crippen LogP contribution in [0.3, 0.4) is 0 Å². The highest BCUT2D eigenvalue weighted by Crippen LogP contribution is 2.42. The number of hydrogen-bond acceptors (Lipinski definition) is 2. The Labute approximate surface area is 556 Å². The number of rotatable bonds is 4. The van der Waals surface area contributed by atoms with E-state index in [1.807, 2.05) is 24.8 Å². The lowest BCUT2D eigenvalue weighted by Crippen LogP contribution is -2.17. The summed E-state index contributed by atoms with van der Waals surface area (Å²) < 4.78 is 0. The molecule has 0 fully saturated rings. The smallest absolute Gasteiger partial charge is 0.0443 e. The fraction of sp³-hybridized carbons (Fsp3) is 0.356. The summed E-state index contributed by atoms with van der Waals surface area (Å²) in [6.45, 7) is 54.0. The van der Waals surface area contributed by atoms with Crippen molar-refractivity contribution in [3.63, 3.8) is 0 Å². The molecule has 2 aromatic heterocycles. The van der Waals surface area contributed by atoms with E-state index in [0.717, 1.165) is 55.6 Å². The molecule has 6 aromatic rings. The van der Waals surface area contributed by atoms with E-state index in [1.54, 1.807) is 0 Å². The number of hydrogen-bond donors (Lipinski definition) is 0. The summed E-state index contributed by atoms with van der Waals surface area (Å²) in [5.41, 5.74) is 19.2. The van der Waals surface area contributed by atoms with Crippen LogP contribution in [0.5, 0.6) is 0 Å². The van der Waals surface area contributed by atoms with Gasteiger partial charge in [0.2, 0.25) is 0 Å². The fourth-order valence-corrected chi connectivity index (χ4v) is 9.47. The second-order valence-electron chi connectivity index (χ2n) is 31.4. The number of pyridine rings is 2. The largest absolute Gasteiger partial charge is 0.263 e. The summed E-state index contributed by atoms with van der Waals surface area (Å²) in [4.78, 5) is 9.71. The third-order valence-corrected chi connectivity index (χ3v) is 15.5. The topological polar surface area (TPSA) is 25.8 Å². The lowest BCUT2D eigenvalue weighted by Gasteiger charge is -2.27. The van der Waals surface area contributed by atoms with Gasteiger partial charge >= 0.3 is 0 Å². The summed E-state index contributed by atoms with van der Waals surface area (Å²) in [7, 11) is 0. The van der Waals surface area contributed by atoms with Crippen molar-refractivity contribution in [2.45, 2.75) is 209 Å². The predicted octanol–water partition coefficient (Wildman–Crippen LogP) is 19.0. The normalized spacial score (nSPS) is 11.1. The van der Waals surface area contributed by atoms with Gasteiger partial charge in [0.25, 0.3) is 0 Å². The SMILES string of the molecule is CC(C)(C)c1cc(-c2cncc(-c3cc(C(C)(C)C)cc(C(C)(C)C)c3)c2C#CC#CC#CC#CC#CC#CC#CC#CC#CC#CC#CC#Cc2c(-c3cc(C(C)(C)C)cc(C(C)(C)C)c3)cncc2-c2cc(C(C)(C)C)cc(C(C)(C)C)c2)cc(C(C)(C)C)c1. The molecule has 0 bridgehead atoms. The van der Waals surface area contributed by atoms with E-state index >= 15 is 0 Å². The Kier molecular flexibility index (Phi) is 22.2. The van der Waals surface area contributed by atoms with Crippen molar-refractivity contribution in [3.8, 4) is 187 Å². The monoisotopic (exact) mass is 1200 g/mol. The predicted molar refractivity (Wildman–Crippen MR) is 391 cm³/mol. The van der Waals surface area contributed by atoms with Gasteiger partial charge in [0.05, 0.1) is 0 Å². The van der Waals surface area contributed by atoms with Crippen LogP contribution in [-0.4, -0.2) is 9.97 Å². The highest BCUT2D eigenvalue weighted by molar-refractivity contribution is 5.85. The molecule has 6 rings (SSSR count). The maximum atomic E-state index is 4.85. The standard InChI is InChI=1S/C90H88N2/c1-83(2,3)69-49-65(50-70(57-69)84(4,5)6)79-61-91-62-80(66-51-71(85(7,8)9)58-72(52-66)86(10,11)12)77(79)47-45-43-41-39-37-35-33-31-29-27-25-26-28-30-32-34-36-38-40-42-44-46-48-78-81(67-53-73(87(13,14)15)59-74(54-67)88(16,17)18)63-92-64-82(78)68-55-75(89(19,20)21)60-76(56-68)90(22,23)24/h49-64H,1-24H3. The number of benzene rings is 4. The summed E-state index contributed by atoms with van der Waals surface area (Å²) >= 11 is 0. The minimum atomic E-state index is -0.0713. The Balaban J connectivity index is 1.19. The van der Waals surface area contributed by atoms with Gasteiger partial charge < -0.3 is 0 Å². The lowest BCUT2D eigenvalue weighted by molar-refractivity contribution is 0.568. The van der Waals surface area contributed by atoms with Crippen molar-refractivity contribution in [2.24, 2.45) is 0 Å². The average Bonchev–Trinajstić information content (AvgIpc) is 0.780. The van der Waals surface area contributed by atoms with Gasteiger partial charge in [0.1, 0.15) is 0 Å². The van der Waals surface area contributed by atoms with Crippen LogP contribution >= 0.6 is 0 Å². The minimum absolute atomic E-state index is 0.0713. The highest BCUT2D eigenvalue weighted by atomic mass is 14.6. The zero-order valence-electron chi connectivity index (χ0n) is 59.1. The summed E-state index contributed by atoms with van der Waals surface area (Å²) in [6, 6.07) is 27.6. The molecule has 0 spiro atoms. The second kappa shape index (κ2) is 28.8. The van der Waals surface area contributed by atoms with Crippen LogP contribution < -0.4 is 0 Å². The summed E-state index contributed by atoms with van der Waals surface area (Å²) in [6.07, 6.45) is 7.71. The van der Waals surface area contributed by atoms with Gasteiger partial charge in [-0.15, -0.1) is 0 Å². The molecule has 0 saturated heterocycles. The van der Waals surface area contributed by atoms with Crippen molar-refractivity contribution in [2.75, 3.05) is 0 Å². The molecule has 0 aliphatic rings. The van der Waals surface area contributed by atoms with Crippen LogP contribution in [0.1, 0.15) is 222 Å². The molecule has 0 unspecified atom stereocenters. The molecule has 0 aliphatic carbocycles. The number of nitrogens with zero attached hydrogens (tertiary/aromatic N) is 2. The molecule has 2 heteroatoms. The average molecular weight is 1200 g/mol. The van der Waals surface area contributed by atoms with Gasteiger partial charge in [-0.25, -0.2) is 0 Å². The van der Waals surface area contributed by atoms with Crippen LogP contribution in [0.25, 0.3) is 44.5 Å². The van der Waals surface area contributed by atoms with E-state index in [2.05, 4.69) is 381 Å². The molecule has 2 nitrogen and oxygen atoms in total. The quantitative estimate of drug-likeness (QED) is 0.164. The second-order valence-corrected chi connectivity index (χ2v) is 31.4. The zero-order chi connectivity index (χ0) is 68.1. The maximum absolute atomic E-state index is 4.85. The van der Waals surface area contributed by atoms with E-state index in [0.29, 0.717) is 0 Å². The molecule has 0 aliphatic heterocycles. The Bertz CT molecular complexity index is 4060. The van der Waals surface area contributed by atoms with Crippen LogP contribution in [0.2, 0.25) is 0 Å². The molecule has 2 heterocycles. The van der Waals surface area contributed by atoms with E-state index in [4.69, 9.17) is 9.97 Å². The number of aromatic nitrogens is 2. The lowest BCUT2D eigenvalue weighted by atomic mass is 9.77. The third kappa shape index (κ3) is 20.2. The van der Waals surface area contributed by atoms with Crippen molar-refractivity contribution in [1.29, 1.82) is 0 Å². The third-order valence-electron chi connectivity index (χ3n) is 15.5. The highest BCUT2D eigenvalue weighted by Gasteiger charge is 2.28. The van der Waals surface area contributed by atoms with Gasteiger partial charge in [-0.05, 0) is 205 Å². The Hall–Kier alpha value is -10.1. The van der Waals surface area contributed by atoms with Crippen LogP contribution in [0, 0.1) is 142 Å². The first-order valence-corrected chi connectivity index (χ1v) is 31.4. The van der Waals surface area contributed by atoms with Crippen molar-refractivity contribution >= 4 is 0 Å². The van der Waals surface area contributed by atoms with Gasteiger partial charge in [-0.3, -0.25) is 9.97 Å². The first-order chi connectivity index (χ1) is 42.7. The van der Waals surface area contributed by atoms with Crippen LogP contribution in [0.15, 0.2) is 97.6 Å². The van der Waals surface area contributed by atoms with Gasteiger partial charge in [0.15, 0.2) is 0 Å². The fourth-order valence-electron chi connectivity index (χ4n) is 9.47. The minimum Gasteiger partial charge on any atom is -0.263 e. The molecular formula is C90H88N2. The molecule has 4 aromatic carbocycles. The molecule has 458 valence electrons. The summed E-state index contributed by atoms with van der Waals surface area (Å²) in [5.74, 6) is 67.7. The molecule has 92 heavy (non-hydrogen) atoms. The molecular weight excluding hydrogens is 1110 g/mol. The Morgan fingerprint density at radius 1 is 0.185 bits per heavy atom. The van der Waals surface area contributed by atoms with Crippen molar-refractivity contribution in [3.05, 3.63) is 153 Å². The van der Waals surface area contributed by atoms with Crippen molar-refractivity contribution < 1.29 is 0 Å². The summed E-state index contributed by atoms with van der Waals surface area (Å²) in [5, 5.41) is 0. The van der Waals surface area contributed by atoms with Crippen molar-refractivity contribution in [1.82, 2.24) is 9.97 Å². The van der Waals surface area contributed by atoms with E-state index in [9.17, 15) is 0 Å². The first kappa shape index (κ1) is 71.0. The molecule has 0 radical (unpaired) electrons. The maximum Gasteiger partial charge on any atom is 0.0443 e. The van der Waals surface area contributed by atoms with E-state index in [-0.39, 0.29) is 43.3 Å². The van der Waals surface area contributed by atoms with Gasteiger partial charge in [-0.2, -0.15) is 0 Å². The first-order valence-electron chi connectivity index (χ1n) is 31.4. The molecule has 0 N–H and O–H groups in total. The van der Waals surface area contributed by atoms with E-state index < -0.39 is 0 Å². The molecule has 0 amide bonds. The molecule has 0 saturated carbocycles. The van der Waals surface area contributed by atoms with Crippen LogP contribution in [-0.2, 0) is 43.3 Å². The Morgan fingerprint density at radius 3 is 0.446 bits per heavy atom. The molecule has 0 atom stereocenters. The Morgan fingerprint density at radius 2 is 0.315 bits per heavy atom. The van der Waals surface area contributed by atoms with E-state index in [1.165, 1.54) is 44.5 Å². The van der Waals surface area contributed by atoms with Gasteiger partial charge in [0, 0.05) is 93.7 Å².